The lowest BCUT2D eigenvalue weighted by molar-refractivity contribution is -0.121. The van der Waals surface area contributed by atoms with Crippen LogP contribution in [0.2, 0.25) is 0 Å². The minimum Gasteiger partial charge on any atom is -0.302 e. The Kier molecular flexibility index (Phi) is 6.89. The molecule has 1 aromatic carbocycles. The number of hydrogen-bond acceptors (Lipinski definition) is 5. The van der Waals surface area contributed by atoms with Gasteiger partial charge in [0, 0.05) is 18.8 Å². The number of hydrazine groups is 1. The number of nitrogens with zero attached hydrogens (tertiary/aromatic N) is 1. The molecule has 2 rings (SSSR count). The molecule has 24 heavy (non-hydrogen) atoms. The SMILES string of the molecule is CCNNC(=O)Cc1ccc(CCc2csc(NC(C)=O)n2)cc1. The summed E-state index contributed by atoms with van der Waals surface area (Å²) in [6, 6.07) is 8.03. The summed E-state index contributed by atoms with van der Waals surface area (Å²) < 4.78 is 0. The summed E-state index contributed by atoms with van der Waals surface area (Å²) in [5.74, 6) is -0.151. The summed E-state index contributed by atoms with van der Waals surface area (Å²) >= 11 is 1.44. The highest BCUT2D eigenvalue weighted by Crippen LogP contribution is 2.17. The number of aromatic nitrogens is 1. The van der Waals surface area contributed by atoms with Crippen LogP contribution >= 0.6 is 11.3 Å². The van der Waals surface area contributed by atoms with Gasteiger partial charge in [0.2, 0.25) is 11.8 Å². The van der Waals surface area contributed by atoms with Gasteiger partial charge in [0.05, 0.1) is 12.1 Å². The van der Waals surface area contributed by atoms with Crippen LogP contribution in [0.25, 0.3) is 0 Å². The van der Waals surface area contributed by atoms with E-state index in [2.05, 4.69) is 21.2 Å². The van der Waals surface area contributed by atoms with E-state index in [1.807, 2.05) is 36.6 Å². The van der Waals surface area contributed by atoms with Crippen molar-refractivity contribution in [3.8, 4) is 0 Å². The molecule has 0 aliphatic carbocycles. The van der Waals surface area contributed by atoms with Crippen molar-refractivity contribution in [3.63, 3.8) is 0 Å². The van der Waals surface area contributed by atoms with Crippen molar-refractivity contribution in [3.05, 3.63) is 46.5 Å². The molecule has 6 nitrogen and oxygen atoms in total. The lowest BCUT2D eigenvalue weighted by atomic mass is 10.0. The molecule has 0 radical (unpaired) electrons. The summed E-state index contributed by atoms with van der Waals surface area (Å²) in [6.45, 7) is 4.10. The zero-order chi connectivity index (χ0) is 17.4. The van der Waals surface area contributed by atoms with Gasteiger partial charge >= 0.3 is 0 Å². The lowest BCUT2D eigenvalue weighted by Gasteiger charge is -2.06. The molecule has 1 heterocycles. The third-order valence-corrected chi connectivity index (χ3v) is 4.10. The van der Waals surface area contributed by atoms with Gasteiger partial charge in [-0.1, -0.05) is 31.2 Å². The summed E-state index contributed by atoms with van der Waals surface area (Å²) in [6.07, 6.45) is 2.04. The summed E-state index contributed by atoms with van der Waals surface area (Å²) in [5.41, 5.74) is 8.58. The maximum atomic E-state index is 11.6. The van der Waals surface area contributed by atoms with E-state index in [0.29, 0.717) is 18.1 Å². The van der Waals surface area contributed by atoms with E-state index in [4.69, 9.17) is 0 Å². The van der Waals surface area contributed by atoms with Gasteiger partial charge in [-0.25, -0.2) is 10.4 Å². The van der Waals surface area contributed by atoms with Crippen molar-refractivity contribution in [1.29, 1.82) is 0 Å². The topological polar surface area (TPSA) is 83.1 Å². The maximum Gasteiger partial charge on any atom is 0.238 e. The highest BCUT2D eigenvalue weighted by atomic mass is 32.1. The Balaban J connectivity index is 1.82. The molecule has 0 saturated heterocycles. The number of hydrogen-bond donors (Lipinski definition) is 3. The van der Waals surface area contributed by atoms with Crippen LogP contribution < -0.4 is 16.2 Å². The summed E-state index contributed by atoms with van der Waals surface area (Å²) in [4.78, 5) is 27.0. The number of rotatable bonds is 8. The monoisotopic (exact) mass is 346 g/mol. The fourth-order valence-corrected chi connectivity index (χ4v) is 2.93. The molecule has 128 valence electrons. The predicted molar refractivity (Wildman–Crippen MR) is 95.8 cm³/mol. The quantitative estimate of drug-likeness (QED) is 0.639. The molecule has 1 aromatic heterocycles. The number of carbonyl (C=O) groups is 2. The molecule has 0 fully saturated rings. The fourth-order valence-electron chi connectivity index (χ4n) is 2.14. The Hall–Kier alpha value is -2.25. The Labute approximate surface area is 145 Å². The molecule has 7 heteroatoms. The second kappa shape index (κ2) is 9.14. The van der Waals surface area contributed by atoms with Gasteiger partial charge in [-0.15, -0.1) is 11.3 Å². The van der Waals surface area contributed by atoms with E-state index >= 15 is 0 Å². The van der Waals surface area contributed by atoms with E-state index in [1.54, 1.807) is 0 Å². The molecule has 0 unspecified atom stereocenters. The number of anilines is 1. The van der Waals surface area contributed by atoms with Crippen LogP contribution in [0.3, 0.4) is 0 Å². The van der Waals surface area contributed by atoms with Crippen LogP contribution in [0.15, 0.2) is 29.6 Å². The van der Waals surface area contributed by atoms with Crippen molar-refractivity contribution in [2.45, 2.75) is 33.1 Å². The van der Waals surface area contributed by atoms with Crippen LogP contribution in [0, 0.1) is 0 Å². The molecule has 0 bridgehead atoms. The standard InChI is InChI=1S/C17H22N4O2S/c1-3-18-21-16(23)10-14-6-4-13(5-7-14)8-9-15-11-24-17(20-15)19-12(2)22/h4-7,11,18H,3,8-10H2,1-2H3,(H,21,23)(H,19,20,22). The average Bonchev–Trinajstić information content (AvgIpc) is 2.99. The number of benzene rings is 1. The normalized spacial score (nSPS) is 10.4. The van der Waals surface area contributed by atoms with Gasteiger partial charge in [0.25, 0.3) is 0 Å². The maximum absolute atomic E-state index is 11.6. The predicted octanol–water partition coefficient (Wildman–Crippen LogP) is 2.07. The zero-order valence-corrected chi connectivity index (χ0v) is 14.7. The molecule has 2 amide bonds. The highest BCUT2D eigenvalue weighted by Gasteiger charge is 2.05. The lowest BCUT2D eigenvalue weighted by Crippen LogP contribution is -2.37. The van der Waals surface area contributed by atoms with Gasteiger partial charge < -0.3 is 5.32 Å². The number of aryl methyl sites for hydroxylation is 2. The van der Waals surface area contributed by atoms with E-state index in [0.717, 1.165) is 24.1 Å². The molecule has 3 N–H and O–H groups in total. The van der Waals surface area contributed by atoms with Crippen LogP contribution in [-0.4, -0.2) is 23.3 Å². The van der Waals surface area contributed by atoms with Gasteiger partial charge in [-0.3, -0.25) is 15.0 Å². The van der Waals surface area contributed by atoms with Crippen molar-refractivity contribution in [2.75, 3.05) is 11.9 Å². The molecule has 0 aliphatic rings. The van der Waals surface area contributed by atoms with Gasteiger partial charge in [0.1, 0.15) is 0 Å². The number of amides is 2. The minimum atomic E-state index is -0.107. The molecule has 2 aromatic rings. The zero-order valence-electron chi connectivity index (χ0n) is 13.9. The Morgan fingerprint density at radius 1 is 1.12 bits per heavy atom. The molecule has 0 aliphatic heterocycles. The first-order chi connectivity index (χ1) is 11.6. The first-order valence-electron chi connectivity index (χ1n) is 7.88. The van der Waals surface area contributed by atoms with Gasteiger partial charge in [0.15, 0.2) is 5.13 Å². The molecular weight excluding hydrogens is 324 g/mol. The van der Waals surface area contributed by atoms with Crippen molar-refractivity contribution < 1.29 is 9.59 Å². The fraction of sp³-hybridized carbons (Fsp3) is 0.353. The van der Waals surface area contributed by atoms with E-state index in [9.17, 15) is 9.59 Å². The van der Waals surface area contributed by atoms with E-state index in [1.165, 1.54) is 23.8 Å². The minimum absolute atomic E-state index is 0.0439. The first-order valence-corrected chi connectivity index (χ1v) is 8.76. The van der Waals surface area contributed by atoms with E-state index < -0.39 is 0 Å². The molecular formula is C17H22N4O2S. The van der Waals surface area contributed by atoms with E-state index in [-0.39, 0.29) is 11.8 Å². The first kappa shape index (κ1) is 18.1. The Bertz CT molecular complexity index is 682. The number of carbonyl (C=O) groups excluding carboxylic acids is 2. The van der Waals surface area contributed by atoms with Crippen LogP contribution in [0.1, 0.15) is 30.7 Å². The third kappa shape index (κ3) is 6.10. The van der Waals surface area contributed by atoms with Gasteiger partial charge in [-0.2, -0.15) is 0 Å². The second-order valence-corrected chi connectivity index (χ2v) is 6.26. The highest BCUT2D eigenvalue weighted by molar-refractivity contribution is 7.13. The van der Waals surface area contributed by atoms with Crippen molar-refractivity contribution >= 4 is 28.3 Å². The van der Waals surface area contributed by atoms with Crippen LogP contribution in [0.5, 0.6) is 0 Å². The summed E-state index contributed by atoms with van der Waals surface area (Å²) in [7, 11) is 0. The smallest absolute Gasteiger partial charge is 0.238 e. The average molecular weight is 346 g/mol. The largest absolute Gasteiger partial charge is 0.302 e. The van der Waals surface area contributed by atoms with Gasteiger partial charge in [-0.05, 0) is 24.0 Å². The Morgan fingerprint density at radius 2 is 1.83 bits per heavy atom. The van der Waals surface area contributed by atoms with Crippen LogP contribution in [-0.2, 0) is 28.9 Å². The summed E-state index contributed by atoms with van der Waals surface area (Å²) in [5, 5.41) is 5.29. The Morgan fingerprint density at radius 3 is 2.50 bits per heavy atom. The second-order valence-electron chi connectivity index (χ2n) is 5.40. The van der Waals surface area contributed by atoms with Crippen LogP contribution in [0.4, 0.5) is 5.13 Å². The van der Waals surface area contributed by atoms with Crippen molar-refractivity contribution in [1.82, 2.24) is 15.8 Å². The number of thiazole rings is 1. The molecule has 0 atom stereocenters. The van der Waals surface area contributed by atoms with Crippen molar-refractivity contribution in [2.24, 2.45) is 0 Å². The number of nitrogens with one attached hydrogen (secondary N) is 3. The third-order valence-electron chi connectivity index (χ3n) is 3.30. The molecule has 0 saturated carbocycles. The molecule has 0 spiro atoms.